The van der Waals surface area contributed by atoms with Gasteiger partial charge in [-0.25, -0.2) is 4.79 Å². The highest BCUT2D eigenvalue weighted by Gasteiger charge is 2.32. The van der Waals surface area contributed by atoms with Crippen LogP contribution in [0.1, 0.15) is 29.5 Å². The Balaban J connectivity index is 1.51. The average Bonchev–Trinajstić information content (AvgIpc) is 2.64. The van der Waals surface area contributed by atoms with Crippen molar-refractivity contribution in [3.63, 3.8) is 0 Å². The number of aliphatic hydroxyl groups excluding tert-OH is 1. The monoisotopic (exact) mass is 355 g/mol. The third kappa shape index (κ3) is 4.55. The number of benzene rings is 2. The molecule has 5 nitrogen and oxygen atoms in total. The predicted octanol–water partition coefficient (Wildman–Crippen LogP) is 3.80. The maximum absolute atomic E-state index is 12.2. The van der Waals surface area contributed by atoms with Crippen LogP contribution >= 0.6 is 0 Å². The van der Waals surface area contributed by atoms with Crippen LogP contribution in [0.15, 0.2) is 48.5 Å². The number of aryl methyl sites for hydroxylation is 2. The van der Waals surface area contributed by atoms with Crippen molar-refractivity contribution in [2.45, 2.75) is 45.6 Å². The topological polar surface area (TPSA) is 59.0 Å². The van der Waals surface area contributed by atoms with E-state index in [1.807, 2.05) is 55.5 Å². The van der Waals surface area contributed by atoms with Crippen LogP contribution in [0.4, 0.5) is 4.79 Å². The molecule has 138 valence electrons. The van der Waals surface area contributed by atoms with E-state index in [1.54, 1.807) is 0 Å². The van der Waals surface area contributed by atoms with E-state index >= 15 is 0 Å². The molecule has 1 saturated heterocycles. The first-order valence-electron chi connectivity index (χ1n) is 8.92. The van der Waals surface area contributed by atoms with Crippen molar-refractivity contribution < 1.29 is 19.4 Å². The van der Waals surface area contributed by atoms with Crippen LogP contribution in [-0.4, -0.2) is 35.0 Å². The molecule has 0 radical (unpaired) electrons. The van der Waals surface area contributed by atoms with E-state index in [0.717, 1.165) is 11.3 Å². The quantitative estimate of drug-likeness (QED) is 0.906. The molecule has 0 spiro atoms. The zero-order valence-corrected chi connectivity index (χ0v) is 15.2. The van der Waals surface area contributed by atoms with Crippen LogP contribution in [0.5, 0.6) is 5.75 Å². The van der Waals surface area contributed by atoms with E-state index in [2.05, 4.69) is 6.92 Å². The van der Waals surface area contributed by atoms with Gasteiger partial charge in [-0.15, -0.1) is 0 Å². The highest BCUT2D eigenvalue weighted by molar-refractivity contribution is 5.68. The fourth-order valence-electron chi connectivity index (χ4n) is 3.01. The third-order valence-electron chi connectivity index (χ3n) is 4.75. The average molecular weight is 355 g/mol. The zero-order chi connectivity index (χ0) is 18.5. The number of nitrogens with zero attached hydrogens (tertiary/aromatic N) is 1. The van der Waals surface area contributed by atoms with Crippen LogP contribution in [0.3, 0.4) is 0 Å². The molecule has 0 aliphatic carbocycles. The van der Waals surface area contributed by atoms with E-state index < -0.39 is 12.3 Å². The molecule has 2 unspecified atom stereocenters. The summed E-state index contributed by atoms with van der Waals surface area (Å²) >= 11 is 0. The number of rotatable bonds is 4. The lowest BCUT2D eigenvalue weighted by atomic mass is 10.1. The first-order valence-corrected chi connectivity index (χ1v) is 8.92. The second-order valence-corrected chi connectivity index (χ2v) is 6.72. The summed E-state index contributed by atoms with van der Waals surface area (Å²) in [5, 5.41) is 10.3. The summed E-state index contributed by atoms with van der Waals surface area (Å²) in [6.07, 6.45) is -0.488. The van der Waals surface area contributed by atoms with Gasteiger partial charge in [-0.05, 0) is 42.7 Å². The van der Waals surface area contributed by atoms with E-state index in [-0.39, 0.29) is 12.7 Å². The lowest BCUT2D eigenvalue weighted by Crippen LogP contribution is -2.48. The molecule has 3 rings (SSSR count). The van der Waals surface area contributed by atoms with Crippen molar-refractivity contribution in [3.05, 3.63) is 65.2 Å². The Hall–Kier alpha value is -2.53. The molecule has 0 bridgehead atoms. The number of aliphatic hydroxyl groups is 1. The van der Waals surface area contributed by atoms with Gasteiger partial charge in [-0.1, -0.05) is 36.4 Å². The molecule has 1 fully saturated rings. The summed E-state index contributed by atoms with van der Waals surface area (Å²) < 4.78 is 11.3. The maximum Gasteiger partial charge on any atom is 0.412 e. The molecule has 1 aliphatic rings. The summed E-state index contributed by atoms with van der Waals surface area (Å²) in [5.41, 5.74) is 3.31. The first-order chi connectivity index (χ1) is 12.5. The fraction of sp³-hybridized carbons (Fsp3) is 0.381. The highest BCUT2D eigenvalue weighted by Crippen LogP contribution is 2.24. The Morgan fingerprint density at radius 2 is 1.92 bits per heavy atom. The van der Waals surface area contributed by atoms with Crippen LogP contribution < -0.4 is 4.74 Å². The minimum atomic E-state index is -0.899. The third-order valence-corrected chi connectivity index (χ3v) is 4.75. The van der Waals surface area contributed by atoms with Gasteiger partial charge in [0.1, 0.15) is 24.7 Å². The van der Waals surface area contributed by atoms with Crippen molar-refractivity contribution in [2.24, 2.45) is 0 Å². The zero-order valence-electron chi connectivity index (χ0n) is 15.2. The Morgan fingerprint density at radius 3 is 2.62 bits per heavy atom. The van der Waals surface area contributed by atoms with Crippen molar-refractivity contribution in [1.82, 2.24) is 4.90 Å². The van der Waals surface area contributed by atoms with Gasteiger partial charge >= 0.3 is 6.09 Å². The molecule has 5 heteroatoms. The molecule has 1 amide bonds. The fourth-order valence-corrected chi connectivity index (χ4v) is 3.01. The first kappa shape index (κ1) is 18.3. The van der Waals surface area contributed by atoms with Crippen molar-refractivity contribution in [2.75, 3.05) is 6.54 Å². The highest BCUT2D eigenvalue weighted by atomic mass is 16.6. The molecule has 2 atom stereocenters. The van der Waals surface area contributed by atoms with Gasteiger partial charge in [-0.3, -0.25) is 4.90 Å². The lowest BCUT2D eigenvalue weighted by Gasteiger charge is -2.35. The lowest BCUT2D eigenvalue weighted by molar-refractivity contribution is -0.0547. The number of hydrogen-bond donors (Lipinski definition) is 1. The smallest absolute Gasteiger partial charge is 0.412 e. The molecule has 26 heavy (non-hydrogen) atoms. The Labute approximate surface area is 154 Å². The van der Waals surface area contributed by atoms with Gasteiger partial charge in [0.05, 0.1) is 0 Å². The van der Waals surface area contributed by atoms with E-state index in [4.69, 9.17) is 9.47 Å². The summed E-state index contributed by atoms with van der Waals surface area (Å²) in [6.45, 7) is 4.71. The van der Waals surface area contributed by atoms with Gasteiger partial charge in [0.25, 0.3) is 0 Å². The van der Waals surface area contributed by atoms with Crippen molar-refractivity contribution >= 4 is 6.09 Å². The molecule has 1 aliphatic heterocycles. The summed E-state index contributed by atoms with van der Waals surface area (Å²) in [7, 11) is 0. The number of hydrogen-bond acceptors (Lipinski definition) is 4. The van der Waals surface area contributed by atoms with Crippen molar-refractivity contribution in [3.8, 4) is 5.75 Å². The largest absolute Gasteiger partial charge is 0.490 e. The Kier molecular flexibility index (Phi) is 5.78. The molecule has 0 aromatic heterocycles. The number of piperidine rings is 1. The van der Waals surface area contributed by atoms with Crippen molar-refractivity contribution in [1.29, 1.82) is 0 Å². The molecule has 2 aromatic carbocycles. The van der Waals surface area contributed by atoms with Crippen LogP contribution in [0.25, 0.3) is 0 Å². The maximum atomic E-state index is 12.2. The van der Waals surface area contributed by atoms with Crippen LogP contribution in [0.2, 0.25) is 0 Å². The van der Waals surface area contributed by atoms with Crippen LogP contribution in [-0.2, 0) is 11.3 Å². The normalized spacial score (nSPS) is 19.9. The molecule has 0 saturated carbocycles. The second-order valence-electron chi connectivity index (χ2n) is 6.72. The SMILES string of the molecule is Cc1ccc(OC2CCN(C(=O)OCc3ccccc3)C(O)C2)cc1C. The summed E-state index contributed by atoms with van der Waals surface area (Å²) in [4.78, 5) is 13.6. The van der Waals surface area contributed by atoms with E-state index in [9.17, 15) is 9.90 Å². The molecular weight excluding hydrogens is 330 g/mol. The van der Waals surface area contributed by atoms with E-state index in [0.29, 0.717) is 19.4 Å². The predicted molar refractivity (Wildman–Crippen MR) is 98.9 cm³/mol. The van der Waals surface area contributed by atoms with Gasteiger partial charge in [0.2, 0.25) is 0 Å². The van der Waals surface area contributed by atoms with Gasteiger partial charge in [0.15, 0.2) is 0 Å². The van der Waals surface area contributed by atoms with Gasteiger partial charge in [0, 0.05) is 19.4 Å². The minimum absolute atomic E-state index is 0.120. The standard InChI is InChI=1S/C21H25NO4/c1-15-8-9-18(12-16(15)2)26-19-10-11-22(20(23)13-19)21(24)25-14-17-6-4-3-5-7-17/h3-9,12,19-20,23H,10-11,13-14H2,1-2H3. The minimum Gasteiger partial charge on any atom is -0.490 e. The number of amides is 1. The summed E-state index contributed by atoms with van der Waals surface area (Å²) in [5.74, 6) is 0.797. The number of likely N-dealkylation sites (tertiary alicyclic amines) is 1. The molecule has 1 heterocycles. The second kappa shape index (κ2) is 8.23. The molecule has 1 N–H and O–H groups in total. The Morgan fingerprint density at radius 1 is 1.15 bits per heavy atom. The number of carbonyl (C=O) groups is 1. The van der Waals surface area contributed by atoms with Crippen LogP contribution in [0, 0.1) is 13.8 Å². The van der Waals surface area contributed by atoms with E-state index in [1.165, 1.54) is 16.0 Å². The number of ether oxygens (including phenoxy) is 2. The van der Waals surface area contributed by atoms with Gasteiger partial charge < -0.3 is 14.6 Å². The Bertz CT molecular complexity index is 747. The summed E-state index contributed by atoms with van der Waals surface area (Å²) in [6, 6.07) is 15.5. The van der Waals surface area contributed by atoms with Gasteiger partial charge in [-0.2, -0.15) is 0 Å². The molecular formula is C21H25NO4. The number of carbonyl (C=O) groups excluding carboxylic acids is 1. The molecule has 2 aromatic rings.